The minimum absolute atomic E-state index is 0.240. The first kappa shape index (κ1) is 18.3. The van der Waals surface area contributed by atoms with Crippen LogP contribution in [0.5, 0.6) is 17.2 Å². The second-order valence-corrected chi connectivity index (χ2v) is 6.48. The van der Waals surface area contributed by atoms with Crippen molar-refractivity contribution >= 4 is 28.1 Å². The van der Waals surface area contributed by atoms with E-state index in [1.165, 1.54) is 32.7 Å². The molecule has 1 aliphatic heterocycles. The largest absolute Gasteiger partial charge is 0.493 e. The summed E-state index contributed by atoms with van der Waals surface area (Å²) < 4.78 is 21.2. The quantitative estimate of drug-likeness (QED) is 0.824. The third-order valence-electron chi connectivity index (χ3n) is 3.92. The summed E-state index contributed by atoms with van der Waals surface area (Å²) in [5, 5.41) is 3.67. The standard InChI is InChI=1S/C17H21N3O5S/c1-22-12-8-11(9-13(23-2)15(12)24-3)19-16(21)14-10-18-17(26-14)20-4-6-25-7-5-20/h8-10H,4-7H2,1-3H3,(H,19,21). The number of nitrogens with one attached hydrogen (secondary N) is 1. The maximum Gasteiger partial charge on any atom is 0.267 e. The molecule has 1 aromatic carbocycles. The molecule has 2 aromatic rings. The Morgan fingerprint density at radius 2 is 1.81 bits per heavy atom. The number of nitrogens with zero attached hydrogens (tertiary/aromatic N) is 2. The lowest BCUT2D eigenvalue weighted by Gasteiger charge is -2.25. The Morgan fingerprint density at radius 3 is 2.38 bits per heavy atom. The highest BCUT2D eigenvalue weighted by Crippen LogP contribution is 2.40. The molecule has 0 bridgehead atoms. The number of morpholine rings is 1. The van der Waals surface area contributed by atoms with Crippen LogP contribution in [0, 0.1) is 0 Å². The molecular formula is C17H21N3O5S. The van der Waals surface area contributed by atoms with Crippen LogP contribution in [-0.4, -0.2) is 58.5 Å². The highest BCUT2D eigenvalue weighted by molar-refractivity contribution is 7.17. The Kier molecular flexibility index (Phi) is 5.79. The minimum Gasteiger partial charge on any atom is -0.493 e. The molecule has 3 rings (SSSR count). The highest BCUT2D eigenvalue weighted by atomic mass is 32.1. The molecule has 0 saturated carbocycles. The summed E-state index contributed by atoms with van der Waals surface area (Å²) in [6, 6.07) is 3.37. The number of benzene rings is 1. The fraction of sp³-hybridized carbons (Fsp3) is 0.412. The zero-order valence-electron chi connectivity index (χ0n) is 14.9. The topological polar surface area (TPSA) is 82.2 Å². The molecule has 1 aliphatic rings. The van der Waals surface area contributed by atoms with E-state index in [1.807, 2.05) is 0 Å². The van der Waals surface area contributed by atoms with E-state index in [0.717, 1.165) is 18.2 Å². The van der Waals surface area contributed by atoms with Crippen molar-refractivity contribution in [3.05, 3.63) is 23.2 Å². The van der Waals surface area contributed by atoms with Crippen molar-refractivity contribution in [3.8, 4) is 17.2 Å². The van der Waals surface area contributed by atoms with Crippen molar-refractivity contribution in [2.45, 2.75) is 0 Å². The molecule has 0 unspecified atom stereocenters. The molecular weight excluding hydrogens is 358 g/mol. The number of rotatable bonds is 6. The zero-order valence-corrected chi connectivity index (χ0v) is 15.7. The normalized spacial score (nSPS) is 14.0. The number of thiazole rings is 1. The van der Waals surface area contributed by atoms with Gasteiger partial charge in [0.2, 0.25) is 5.75 Å². The average Bonchev–Trinajstić information content (AvgIpc) is 3.18. The van der Waals surface area contributed by atoms with E-state index >= 15 is 0 Å². The number of hydrogen-bond donors (Lipinski definition) is 1. The van der Waals surface area contributed by atoms with Crippen molar-refractivity contribution in [1.82, 2.24) is 4.98 Å². The fourth-order valence-electron chi connectivity index (χ4n) is 2.62. The minimum atomic E-state index is -0.240. The molecule has 26 heavy (non-hydrogen) atoms. The smallest absolute Gasteiger partial charge is 0.267 e. The summed E-state index contributed by atoms with van der Waals surface area (Å²) in [5.41, 5.74) is 0.547. The van der Waals surface area contributed by atoms with Gasteiger partial charge in [-0.15, -0.1) is 0 Å². The van der Waals surface area contributed by atoms with Crippen LogP contribution in [0.15, 0.2) is 18.3 Å². The number of ether oxygens (including phenoxy) is 4. The summed E-state index contributed by atoms with van der Waals surface area (Å²) in [7, 11) is 4.59. The molecule has 1 amide bonds. The van der Waals surface area contributed by atoms with Crippen molar-refractivity contribution in [1.29, 1.82) is 0 Å². The summed E-state index contributed by atoms with van der Waals surface area (Å²) in [4.78, 5) is 19.6. The van der Waals surface area contributed by atoms with Gasteiger partial charge in [-0.05, 0) is 0 Å². The molecule has 9 heteroatoms. The molecule has 1 N–H and O–H groups in total. The van der Waals surface area contributed by atoms with E-state index in [4.69, 9.17) is 18.9 Å². The zero-order chi connectivity index (χ0) is 18.5. The number of anilines is 2. The molecule has 0 radical (unpaired) electrons. The van der Waals surface area contributed by atoms with Crippen molar-refractivity contribution in [2.24, 2.45) is 0 Å². The summed E-state index contributed by atoms with van der Waals surface area (Å²) in [6.07, 6.45) is 1.59. The van der Waals surface area contributed by atoms with Gasteiger partial charge in [0.15, 0.2) is 16.6 Å². The Labute approximate surface area is 155 Å². The van der Waals surface area contributed by atoms with Crippen molar-refractivity contribution < 1.29 is 23.7 Å². The Balaban J connectivity index is 1.76. The van der Waals surface area contributed by atoms with E-state index in [2.05, 4.69) is 15.2 Å². The molecule has 1 aromatic heterocycles. The monoisotopic (exact) mass is 379 g/mol. The van der Waals surface area contributed by atoms with E-state index < -0.39 is 0 Å². The van der Waals surface area contributed by atoms with E-state index in [0.29, 0.717) is 41.0 Å². The Hall–Kier alpha value is -2.52. The molecule has 1 fully saturated rings. The van der Waals surface area contributed by atoms with Gasteiger partial charge in [-0.2, -0.15) is 0 Å². The highest BCUT2D eigenvalue weighted by Gasteiger charge is 2.19. The van der Waals surface area contributed by atoms with Crippen LogP contribution in [0.1, 0.15) is 9.67 Å². The average molecular weight is 379 g/mol. The predicted octanol–water partition coefficient (Wildman–Crippen LogP) is 2.26. The first-order chi connectivity index (χ1) is 12.7. The lowest BCUT2D eigenvalue weighted by Crippen LogP contribution is -2.36. The van der Waals surface area contributed by atoms with Gasteiger partial charge in [-0.3, -0.25) is 4.79 Å². The summed E-state index contributed by atoms with van der Waals surface area (Å²) in [6.45, 7) is 2.90. The van der Waals surface area contributed by atoms with Crippen LogP contribution in [-0.2, 0) is 4.74 Å². The molecule has 140 valence electrons. The first-order valence-electron chi connectivity index (χ1n) is 8.06. The Morgan fingerprint density at radius 1 is 1.15 bits per heavy atom. The Bertz CT molecular complexity index is 749. The lowest BCUT2D eigenvalue weighted by atomic mass is 10.2. The van der Waals surface area contributed by atoms with E-state index in [1.54, 1.807) is 18.3 Å². The van der Waals surface area contributed by atoms with Gasteiger partial charge in [-0.1, -0.05) is 11.3 Å². The maximum absolute atomic E-state index is 12.6. The molecule has 8 nitrogen and oxygen atoms in total. The van der Waals surface area contributed by atoms with E-state index in [-0.39, 0.29) is 5.91 Å². The molecule has 2 heterocycles. The van der Waals surface area contributed by atoms with Crippen LogP contribution in [0.4, 0.5) is 10.8 Å². The van der Waals surface area contributed by atoms with Crippen LogP contribution in [0.2, 0.25) is 0 Å². The number of aromatic nitrogens is 1. The van der Waals surface area contributed by atoms with Gasteiger partial charge < -0.3 is 29.2 Å². The van der Waals surface area contributed by atoms with Crippen LogP contribution in [0.3, 0.4) is 0 Å². The number of methoxy groups -OCH3 is 3. The predicted molar refractivity (Wildman–Crippen MR) is 99.2 cm³/mol. The fourth-order valence-corrected chi connectivity index (χ4v) is 3.48. The molecule has 0 aliphatic carbocycles. The summed E-state index contributed by atoms with van der Waals surface area (Å²) in [5.74, 6) is 1.18. The second kappa shape index (κ2) is 8.24. The lowest BCUT2D eigenvalue weighted by molar-refractivity contribution is 0.103. The summed E-state index contributed by atoms with van der Waals surface area (Å²) >= 11 is 1.35. The van der Waals surface area contributed by atoms with Gasteiger partial charge in [0.25, 0.3) is 5.91 Å². The van der Waals surface area contributed by atoms with Crippen LogP contribution < -0.4 is 24.4 Å². The van der Waals surface area contributed by atoms with E-state index in [9.17, 15) is 4.79 Å². The first-order valence-corrected chi connectivity index (χ1v) is 8.87. The number of carbonyl (C=O) groups excluding carboxylic acids is 1. The van der Waals surface area contributed by atoms with Gasteiger partial charge >= 0.3 is 0 Å². The number of hydrogen-bond acceptors (Lipinski definition) is 8. The number of carbonyl (C=O) groups is 1. The van der Waals surface area contributed by atoms with Gasteiger partial charge in [0, 0.05) is 30.9 Å². The molecule has 0 spiro atoms. The SMILES string of the molecule is COc1cc(NC(=O)c2cnc(N3CCOCC3)s2)cc(OC)c1OC. The van der Waals surface area contributed by atoms with Crippen LogP contribution >= 0.6 is 11.3 Å². The van der Waals surface area contributed by atoms with Gasteiger partial charge in [0.05, 0.1) is 40.7 Å². The molecule has 1 saturated heterocycles. The number of amides is 1. The van der Waals surface area contributed by atoms with Crippen LogP contribution in [0.25, 0.3) is 0 Å². The third-order valence-corrected chi connectivity index (χ3v) is 4.98. The maximum atomic E-state index is 12.6. The van der Waals surface area contributed by atoms with Crippen molar-refractivity contribution in [2.75, 3.05) is 57.8 Å². The van der Waals surface area contributed by atoms with Gasteiger partial charge in [0.1, 0.15) is 4.88 Å². The van der Waals surface area contributed by atoms with Crippen molar-refractivity contribution in [3.63, 3.8) is 0 Å². The molecule has 0 atom stereocenters. The third kappa shape index (κ3) is 3.83. The van der Waals surface area contributed by atoms with Gasteiger partial charge in [-0.25, -0.2) is 4.98 Å². The second-order valence-electron chi connectivity index (χ2n) is 5.47.